The van der Waals surface area contributed by atoms with E-state index in [-0.39, 0.29) is 5.76 Å². The number of benzene rings is 2. The smallest absolute Gasteiger partial charge is 0.341 e. The van der Waals surface area contributed by atoms with Crippen molar-refractivity contribution in [2.24, 2.45) is 5.10 Å². The number of hydrazone groups is 1. The molecule has 0 saturated heterocycles. The Morgan fingerprint density at radius 2 is 1.93 bits per heavy atom. The molecule has 1 heterocycles. The van der Waals surface area contributed by atoms with Crippen LogP contribution in [0.2, 0.25) is 0 Å². The number of carboxylic acid groups (broad SMARTS) is 1. The van der Waals surface area contributed by atoms with Gasteiger partial charge in [0.25, 0.3) is 0 Å². The number of aliphatic carboxylic acids is 1. The van der Waals surface area contributed by atoms with Gasteiger partial charge in [-0.3, -0.25) is 4.79 Å². The summed E-state index contributed by atoms with van der Waals surface area (Å²) in [7, 11) is 0. The Morgan fingerprint density at radius 1 is 1.17 bits per heavy atom. The van der Waals surface area contributed by atoms with Crippen molar-refractivity contribution in [1.82, 2.24) is 5.43 Å². The fraction of sp³-hybridized carbons (Fsp3) is 0.0556. The average Bonchev–Trinajstić information content (AvgIpc) is 3.05. The lowest BCUT2D eigenvalue weighted by molar-refractivity contribution is -0.139. The van der Waals surface area contributed by atoms with Gasteiger partial charge in [-0.15, -0.1) is 0 Å². The molecule has 3 rings (SSSR count). The van der Waals surface area contributed by atoms with Crippen LogP contribution in [0.25, 0.3) is 11.0 Å². The molecule has 0 unspecified atom stereocenters. The highest BCUT2D eigenvalue weighted by Crippen LogP contribution is 2.32. The van der Waals surface area contributed by atoms with Crippen LogP contribution >= 0.6 is 70.4 Å². The van der Waals surface area contributed by atoms with E-state index in [1.807, 2.05) is 34.7 Å². The van der Waals surface area contributed by atoms with Crippen molar-refractivity contribution in [2.75, 3.05) is 6.61 Å². The number of carbonyl (C=O) groups excluding carboxylic acids is 1. The maximum absolute atomic E-state index is 12.3. The van der Waals surface area contributed by atoms with Crippen molar-refractivity contribution < 1.29 is 23.8 Å². The normalized spacial score (nSPS) is 11.2. The molecule has 0 aliphatic carbocycles. The number of halogens is 4. The van der Waals surface area contributed by atoms with E-state index in [2.05, 4.69) is 58.3 Å². The molecule has 29 heavy (non-hydrogen) atoms. The topological polar surface area (TPSA) is 101 Å². The summed E-state index contributed by atoms with van der Waals surface area (Å²) >= 11 is 12.2. The molecule has 1 amide bonds. The molecule has 0 aliphatic rings. The Bertz CT molecular complexity index is 1120. The number of ether oxygens (including phenoxy) is 1. The Morgan fingerprint density at radius 3 is 2.62 bits per heavy atom. The molecule has 0 atom stereocenters. The third-order valence-corrected chi connectivity index (χ3v) is 5.94. The lowest BCUT2D eigenvalue weighted by atomic mass is 10.2. The van der Waals surface area contributed by atoms with Gasteiger partial charge >= 0.3 is 11.9 Å². The number of fused-ring (bicyclic) bond motifs is 1. The number of furan rings is 1. The molecule has 150 valence electrons. The van der Waals surface area contributed by atoms with E-state index < -0.39 is 18.5 Å². The average molecular weight is 701 g/mol. The molecule has 0 bridgehead atoms. The fourth-order valence-corrected chi connectivity index (χ4v) is 5.44. The summed E-state index contributed by atoms with van der Waals surface area (Å²) < 4.78 is 13.7. The van der Waals surface area contributed by atoms with Gasteiger partial charge in [0.1, 0.15) is 11.3 Å². The van der Waals surface area contributed by atoms with Gasteiger partial charge in [-0.05, 0) is 90.3 Å². The maximum Gasteiger partial charge on any atom is 0.341 e. The first kappa shape index (κ1) is 22.2. The lowest BCUT2D eigenvalue weighted by Crippen LogP contribution is -2.16. The van der Waals surface area contributed by atoms with E-state index >= 15 is 0 Å². The van der Waals surface area contributed by atoms with Crippen molar-refractivity contribution >= 4 is 99.4 Å². The van der Waals surface area contributed by atoms with E-state index in [1.165, 1.54) is 6.21 Å². The number of hydrogen-bond acceptors (Lipinski definition) is 5. The number of rotatable bonds is 6. The monoisotopic (exact) mass is 698 g/mol. The predicted molar refractivity (Wildman–Crippen MR) is 127 cm³/mol. The van der Waals surface area contributed by atoms with E-state index in [0.717, 1.165) is 14.3 Å². The summed E-state index contributed by atoms with van der Waals surface area (Å²) in [5.41, 5.74) is 3.67. The number of hydrogen-bond donors (Lipinski definition) is 2. The zero-order valence-electron chi connectivity index (χ0n) is 14.2. The minimum atomic E-state index is -1.06. The third kappa shape index (κ3) is 5.58. The van der Waals surface area contributed by atoms with E-state index in [9.17, 15) is 9.59 Å². The van der Waals surface area contributed by atoms with Gasteiger partial charge < -0.3 is 14.3 Å². The summed E-state index contributed by atoms with van der Waals surface area (Å²) in [6.07, 6.45) is 1.46. The second-order valence-corrected chi connectivity index (χ2v) is 9.40. The van der Waals surface area contributed by atoms with Gasteiger partial charge in [0.15, 0.2) is 12.4 Å². The van der Waals surface area contributed by atoms with Gasteiger partial charge in [0.05, 0.1) is 18.7 Å². The van der Waals surface area contributed by atoms with Crippen LogP contribution in [0, 0.1) is 3.57 Å². The van der Waals surface area contributed by atoms with E-state index in [1.54, 1.807) is 18.2 Å². The van der Waals surface area contributed by atoms with Gasteiger partial charge in [0.2, 0.25) is 0 Å². The van der Waals surface area contributed by atoms with Gasteiger partial charge in [0, 0.05) is 9.86 Å². The molecule has 0 spiro atoms. The quantitative estimate of drug-likeness (QED) is 0.200. The zero-order chi connectivity index (χ0) is 21.1. The second kappa shape index (κ2) is 9.58. The SMILES string of the molecule is O=C(O)COc1c(Br)cc(/C=N\NC(=O)c2cc3cc(Br)cc(Br)c3o2)cc1I. The Hall–Kier alpha value is -1.44. The molecule has 1 aromatic heterocycles. The first-order valence-electron chi connectivity index (χ1n) is 7.80. The molecule has 0 fully saturated rings. The molecule has 3 aromatic rings. The largest absolute Gasteiger partial charge is 0.480 e. The molecule has 11 heteroatoms. The first-order valence-corrected chi connectivity index (χ1v) is 11.3. The summed E-state index contributed by atoms with van der Waals surface area (Å²) in [5, 5.41) is 13.5. The van der Waals surface area contributed by atoms with Gasteiger partial charge in [-0.1, -0.05) is 15.9 Å². The summed E-state index contributed by atoms with van der Waals surface area (Å²) in [6.45, 7) is -0.442. The zero-order valence-corrected chi connectivity index (χ0v) is 21.1. The lowest BCUT2D eigenvalue weighted by Gasteiger charge is -2.09. The van der Waals surface area contributed by atoms with Gasteiger partial charge in [-0.25, -0.2) is 10.2 Å². The van der Waals surface area contributed by atoms with Gasteiger partial charge in [-0.2, -0.15) is 5.10 Å². The molecule has 2 N–H and O–H groups in total. The number of nitrogens with one attached hydrogen (secondary N) is 1. The van der Waals surface area contributed by atoms with Crippen LogP contribution in [-0.4, -0.2) is 29.8 Å². The Labute approximate surface area is 203 Å². The molecule has 0 radical (unpaired) electrons. The molecule has 0 aliphatic heterocycles. The molecular weight excluding hydrogens is 691 g/mol. The summed E-state index contributed by atoms with van der Waals surface area (Å²) in [4.78, 5) is 23.0. The van der Waals surface area contributed by atoms with Crippen molar-refractivity contribution in [2.45, 2.75) is 0 Å². The van der Waals surface area contributed by atoms with Crippen LogP contribution in [-0.2, 0) is 4.79 Å². The number of nitrogens with zero attached hydrogens (tertiary/aromatic N) is 1. The van der Waals surface area contributed by atoms with Crippen LogP contribution in [0.1, 0.15) is 16.1 Å². The van der Waals surface area contributed by atoms with Crippen molar-refractivity contribution in [3.63, 3.8) is 0 Å². The standard InChI is InChI=1S/C18H10Br3IN2O5/c19-10-3-9-4-14(29-16(9)12(21)5-10)18(27)24-23-6-8-1-11(20)17(13(22)2-8)28-7-15(25)26/h1-6H,7H2,(H,24,27)(H,25,26)/b23-6-. The summed E-state index contributed by atoms with van der Waals surface area (Å²) in [5.74, 6) is -1.00. The van der Waals surface area contributed by atoms with Crippen LogP contribution in [0.4, 0.5) is 0 Å². The highest BCUT2D eigenvalue weighted by molar-refractivity contribution is 14.1. The van der Waals surface area contributed by atoms with Crippen LogP contribution in [0.3, 0.4) is 0 Å². The molecular formula is C18H10Br3IN2O5. The van der Waals surface area contributed by atoms with Crippen molar-refractivity contribution in [3.05, 3.63) is 58.6 Å². The van der Waals surface area contributed by atoms with Crippen LogP contribution < -0.4 is 10.2 Å². The first-order chi connectivity index (χ1) is 13.7. The Balaban J connectivity index is 1.72. The van der Waals surface area contributed by atoms with Crippen LogP contribution in [0.5, 0.6) is 5.75 Å². The minimum absolute atomic E-state index is 0.129. The van der Waals surface area contributed by atoms with E-state index in [0.29, 0.717) is 24.9 Å². The highest BCUT2D eigenvalue weighted by atomic mass is 127. The fourth-order valence-electron chi connectivity index (χ4n) is 2.33. The number of carbonyl (C=O) groups is 2. The highest BCUT2D eigenvalue weighted by Gasteiger charge is 2.14. The number of amides is 1. The maximum atomic E-state index is 12.3. The van der Waals surface area contributed by atoms with Crippen molar-refractivity contribution in [3.8, 4) is 5.75 Å². The molecule has 7 nitrogen and oxygen atoms in total. The van der Waals surface area contributed by atoms with E-state index in [4.69, 9.17) is 14.3 Å². The van der Waals surface area contributed by atoms with Crippen molar-refractivity contribution in [1.29, 1.82) is 0 Å². The van der Waals surface area contributed by atoms with Crippen LogP contribution in [0.15, 0.2) is 53.3 Å². The second-order valence-electron chi connectivity index (χ2n) is 5.61. The summed E-state index contributed by atoms with van der Waals surface area (Å²) in [6, 6.07) is 8.74. The predicted octanol–water partition coefficient (Wildman–Crippen LogP) is 5.55. The molecule has 2 aromatic carbocycles. The minimum Gasteiger partial charge on any atom is -0.480 e. The third-order valence-electron chi connectivity index (χ3n) is 3.50. The molecule has 0 saturated carbocycles. The number of carboxylic acids is 1. The Kier molecular flexibility index (Phi) is 7.35.